The van der Waals surface area contributed by atoms with Gasteiger partial charge in [0.25, 0.3) is 10.0 Å². The number of carbonyl (C=O) groups is 2. The number of carbonyl (C=O) groups excluding carboxylic acids is 2. The molecule has 0 saturated heterocycles. The van der Waals surface area contributed by atoms with E-state index < -0.39 is 16.0 Å². The fourth-order valence-electron chi connectivity index (χ4n) is 3.92. The first-order valence-corrected chi connectivity index (χ1v) is 11.1. The first kappa shape index (κ1) is 19.4. The van der Waals surface area contributed by atoms with Crippen LogP contribution in [0.3, 0.4) is 0 Å². The van der Waals surface area contributed by atoms with Crippen LogP contribution in [0.4, 0.5) is 11.4 Å². The van der Waals surface area contributed by atoms with Crippen LogP contribution in [0.5, 0.6) is 0 Å². The molecule has 1 amide bonds. The third-order valence-electron chi connectivity index (χ3n) is 5.35. The highest BCUT2D eigenvalue weighted by Gasteiger charge is 2.38. The van der Waals surface area contributed by atoms with Crippen LogP contribution in [-0.2, 0) is 26.0 Å². The summed E-state index contributed by atoms with van der Waals surface area (Å²) in [7, 11) is -3.84. The zero-order valence-electron chi connectivity index (χ0n) is 16.3. The summed E-state index contributed by atoms with van der Waals surface area (Å²) in [5.74, 6) is -0.776. The molecule has 2 aromatic carbocycles. The number of hydrogen-bond acceptors (Lipinski definition) is 5. The fraction of sp³-hybridized carbons (Fsp3) is 0.333. The van der Waals surface area contributed by atoms with Gasteiger partial charge in [-0.15, -0.1) is 0 Å². The number of amides is 1. The highest BCUT2D eigenvalue weighted by Crippen LogP contribution is 2.44. The molecule has 2 aliphatic rings. The van der Waals surface area contributed by atoms with Crippen molar-refractivity contribution in [3.05, 3.63) is 53.1 Å². The van der Waals surface area contributed by atoms with Gasteiger partial charge in [-0.25, -0.2) is 13.2 Å². The molecule has 0 bridgehead atoms. The standard InChI is InChI=1S/C21H22N2O5S/c1-3-28-21(25)14-6-8-16(9-7-14)22-29(26,27)17-11-15-5-4-10-23-19(15)18(12-17)13(2)20(23)24/h6-9,11-13,22H,3-5,10H2,1-2H3/t13-/m0/s1. The number of rotatable bonds is 5. The number of nitrogens with one attached hydrogen (secondary N) is 1. The molecule has 2 heterocycles. The maximum Gasteiger partial charge on any atom is 0.338 e. The third kappa shape index (κ3) is 3.37. The van der Waals surface area contributed by atoms with E-state index in [1.165, 1.54) is 24.3 Å². The smallest absolute Gasteiger partial charge is 0.338 e. The van der Waals surface area contributed by atoms with E-state index in [0.717, 1.165) is 29.7 Å². The van der Waals surface area contributed by atoms with Gasteiger partial charge in [-0.1, -0.05) is 0 Å². The minimum absolute atomic E-state index is 0.0259. The van der Waals surface area contributed by atoms with E-state index in [-0.39, 0.29) is 23.3 Å². The van der Waals surface area contributed by atoms with Crippen LogP contribution < -0.4 is 9.62 Å². The lowest BCUT2D eigenvalue weighted by Crippen LogP contribution is -2.32. The van der Waals surface area contributed by atoms with E-state index in [9.17, 15) is 18.0 Å². The topological polar surface area (TPSA) is 92.8 Å². The summed E-state index contributed by atoms with van der Waals surface area (Å²) in [6.07, 6.45) is 1.56. The Kier molecular flexibility index (Phi) is 4.82. The summed E-state index contributed by atoms with van der Waals surface area (Å²) in [5, 5.41) is 0. The molecule has 0 radical (unpaired) electrons. The minimum atomic E-state index is -3.84. The van der Waals surface area contributed by atoms with Crippen molar-refractivity contribution in [2.75, 3.05) is 22.8 Å². The van der Waals surface area contributed by atoms with Crippen molar-refractivity contribution in [3.63, 3.8) is 0 Å². The number of aryl methyl sites for hydroxylation is 1. The summed E-state index contributed by atoms with van der Waals surface area (Å²) >= 11 is 0. The maximum absolute atomic E-state index is 13.0. The lowest BCUT2D eigenvalue weighted by Gasteiger charge is -2.26. The van der Waals surface area contributed by atoms with E-state index in [1.807, 2.05) is 6.92 Å². The van der Waals surface area contributed by atoms with Crippen LogP contribution in [0.1, 0.15) is 47.7 Å². The molecule has 0 aromatic heterocycles. The van der Waals surface area contributed by atoms with Gasteiger partial charge in [-0.05, 0) is 74.2 Å². The third-order valence-corrected chi connectivity index (χ3v) is 6.71. The molecule has 0 fully saturated rings. The monoisotopic (exact) mass is 414 g/mol. The van der Waals surface area contributed by atoms with Crippen LogP contribution in [0.2, 0.25) is 0 Å². The first-order chi connectivity index (χ1) is 13.8. The predicted molar refractivity (Wildman–Crippen MR) is 109 cm³/mol. The fourth-order valence-corrected chi connectivity index (χ4v) is 5.07. The summed E-state index contributed by atoms with van der Waals surface area (Å²) in [6.45, 7) is 4.48. The van der Waals surface area contributed by atoms with Gasteiger partial charge in [0, 0.05) is 12.2 Å². The maximum atomic E-state index is 13.0. The Balaban J connectivity index is 1.64. The second-order valence-electron chi connectivity index (χ2n) is 7.24. The molecular weight excluding hydrogens is 392 g/mol. The molecular formula is C21H22N2O5S. The average molecular weight is 414 g/mol. The molecule has 152 valence electrons. The van der Waals surface area contributed by atoms with Gasteiger partial charge in [0.2, 0.25) is 5.91 Å². The Bertz CT molecular complexity index is 1090. The zero-order valence-corrected chi connectivity index (χ0v) is 17.1. The second kappa shape index (κ2) is 7.18. The van der Waals surface area contributed by atoms with E-state index in [0.29, 0.717) is 17.8 Å². The number of benzene rings is 2. The minimum Gasteiger partial charge on any atom is -0.462 e. The summed E-state index contributed by atoms with van der Waals surface area (Å²) < 4.78 is 33.4. The molecule has 29 heavy (non-hydrogen) atoms. The largest absolute Gasteiger partial charge is 0.462 e. The molecule has 2 aromatic rings. The van der Waals surface area contributed by atoms with Crippen LogP contribution >= 0.6 is 0 Å². The van der Waals surface area contributed by atoms with Crippen LogP contribution in [0, 0.1) is 0 Å². The molecule has 0 spiro atoms. The molecule has 4 rings (SSSR count). The Morgan fingerprint density at radius 2 is 1.97 bits per heavy atom. The van der Waals surface area contributed by atoms with E-state index in [1.54, 1.807) is 24.0 Å². The number of hydrogen-bond donors (Lipinski definition) is 1. The number of nitrogens with zero attached hydrogens (tertiary/aromatic N) is 1. The highest BCUT2D eigenvalue weighted by atomic mass is 32.2. The van der Waals surface area contributed by atoms with Crippen molar-refractivity contribution in [2.24, 2.45) is 0 Å². The predicted octanol–water partition coefficient (Wildman–Crippen LogP) is 3.06. The molecule has 0 saturated carbocycles. The first-order valence-electron chi connectivity index (χ1n) is 9.60. The van der Waals surface area contributed by atoms with E-state index >= 15 is 0 Å². The lowest BCUT2D eigenvalue weighted by molar-refractivity contribution is -0.119. The van der Waals surface area contributed by atoms with Crippen molar-refractivity contribution in [1.29, 1.82) is 0 Å². The van der Waals surface area contributed by atoms with Crippen molar-refractivity contribution < 1.29 is 22.7 Å². The van der Waals surface area contributed by atoms with Crippen LogP contribution in [-0.4, -0.2) is 33.4 Å². The Hall–Kier alpha value is -2.87. The number of anilines is 2. The summed E-state index contributed by atoms with van der Waals surface area (Å²) in [4.78, 5) is 26.1. The number of sulfonamides is 1. The summed E-state index contributed by atoms with van der Waals surface area (Å²) in [5.41, 5.74) is 3.24. The lowest BCUT2D eigenvalue weighted by atomic mass is 9.97. The van der Waals surface area contributed by atoms with E-state index in [2.05, 4.69) is 4.72 Å². The SMILES string of the molecule is CCOC(=O)c1ccc(NS(=O)(=O)c2cc3c4c(c2)[C@H](C)C(=O)N4CCC3)cc1. The summed E-state index contributed by atoms with van der Waals surface area (Å²) in [6, 6.07) is 9.33. The molecule has 0 unspecified atom stereocenters. The molecule has 1 N–H and O–H groups in total. The average Bonchev–Trinajstić information content (AvgIpc) is 2.95. The van der Waals surface area contributed by atoms with Crippen molar-refractivity contribution >= 4 is 33.3 Å². The van der Waals surface area contributed by atoms with Gasteiger partial charge < -0.3 is 9.64 Å². The number of esters is 1. The molecule has 1 atom stereocenters. The normalized spacial score (nSPS) is 17.8. The second-order valence-corrected chi connectivity index (χ2v) is 8.92. The van der Waals surface area contributed by atoms with Gasteiger partial charge in [0.1, 0.15) is 0 Å². The van der Waals surface area contributed by atoms with Crippen molar-refractivity contribution in [2.45, 2.75) is 37.5 Å². The van der Waals surface area contributed by atoms with Crippen molar-refractivity contribution in [3.8, 4) is 0 Å². The van der Waals surface area contributed by atoms with Crippen LogP contribution in [0.25, 0.3) is 0 Å². The van der Waals surface area contributed by atoms with E-state index in [4.69, 9.17) is 4.74 Å². The quantitative estimate of drug-likeness (QED) is 0.759. The molecule has 8 heteroatoms. The molecule has 2 aliphatic heterocycles. The molecule has 7 nitrogen and oxygen atoms in total. The van der Waals surface area contributed by atoms with Crippen molar-refractivity contribution in [1.82, 2.24) is 0 Å². The van der Waals surface area contributed by atoms with Gasteiger partial charge in [-0.2, -0.15) is 0 Å². The number of ether oxygens (including phenoxy) is 1. The van der Waals surface area contributed by atoms with Gasteiger partial charge in [0.15, 0.2) is 0 Å². The van der Waals surface area contributed by atoms with Crippen LogP contribution in [0.15, 0.2) is 41.3 Å². The zero-order chi connectivity index (χ0) is 20.8. The Labute approximate surface area is 169 Å². The Morgan fingerprint density at radius 3 is 2.66 bits per heavy atom. The van der Waals surface area contributed by atoms with Gasteiger partial charge in [0.05, 0.1) is 28.7 Å². The van der Waals surface area contributed by atoms with Gasteiger partial charge >= 0.3 is 5.97 Å². The Morgan fingerprint density at radius 1 is 1.24 bits per heavy atom. The van der Waals surface area contributed by atoms with Gasteiger partial charge in [-0.3, -0.25) is 9.52 Å². The highest BCUT2D eigenvalue weighted by molar-refractivity contribution is 7.92. The molecule has 0 aliphatic carbocycles.